The van der Waals surface area contributed by atoms with E-state index in [-0.39, 0.29) is 71.5 Å². The summed E-state index contributed by atoms with van der Waals surface area (Å²) in [5, 5.41) is 0. The molecule has 2 atom stereocenters. The van der Waals surface area contributed by atoms with E-state index in [0.717, 1.165) is 0 Å². The van der Waals surface area contributed by atoms with Gasteiger partial charge in [-0.1, -0.05) is 0 Å². The minimum Gasteiger partial charge on any atom is -0.809 e. The first-order chi connectivity index (χ1) is 9.94. The SMILES string of the molecule is Nc1ncnc2c1ncn2[C@H]1C[C@@H](OCP(=O)([O-])[O-])CO1.[Na+].[Na+]. The second-order valence-electron chi connectivity index (χ2n) is 4.64. The van der Waals surface area contributed by atoms with Crippen LogP contribution in [0.5, 0.6) is 0 Å². The summed E-state index contributed by atoms with van der Waals surface area (Å²) in [6, 6.07) is 0. The fourth-order valence-electron chi connectivity index (χ4n) is 2.17. The maximum Gasteiger partial charge on any atom is 1.00 e. The monoisotopic (exact) mass is 359 g/mol. The van der Waals surface area contributed by atoms with Gasteiger partial charge in [0.1, 0.15) is 18.1 Å². The molecule has 1 aliphatic rings. The van der Waals surface area contributed by atoms with Gasteiger partial charge in [-0.3, -0.25) is 4.57 Å². The van der Waals surface area contributed by atoms with Crippen LogP contribution in [0.3, 0.4) is 0 Å². The van der Waals surface area contributed by atoms with Gasteiger partial charge in [0.2, 0.25) is 0 Å². The number of hydrogen-bond acceptors (Lipinski definition) is 9. The quantitative estimate of drug-likeness (QED) is 0.414. The van der Waals surface area contributed by atoms with Gasteiger partial charge in [0.15, 0.2) is 11.5 Å². The van der Waals surface area contributed by atoms with Crippen molar-refractivity contribution in [1.82, 2.24) is 19.5 Å². The van der Waals surface area contributed by atoms with Crippen molar-refractivity contribution >= 4 is 24.6 Å². The maximum absolute atomic E-state index is 10.6. The number of fused-ring (bicyclic) bond motifs is 1. The van der Waals surface area contributed by atoms with E-state index in [1.807, 2.05) is 0 Å². The molecule has 13 heteroatoms. The van der Waals surface area contributed by atoms with Gasteiger partial charge in [-0.25, -0.2) is 15.0 Å². The second kappa shape index (κ2) is 8.68. The fraction of sp³-hybridized carbons (Fsp3) is 0.500. The molecule has 114 valence electrons. The predicted molar refractivity (Wildman–Crippen MR) is 66.7 cm³/mol. The van der Waals surface area contributed by atoms with Gasteiger partial charge in [0.05, 0.1) is 25.4 Å². The summed E-state index contributed by atoms with van der Waals surface area (Å²) in [6.45, 7) is 0.185. The van der Waals surface area contributed by atoms with Crippen molar-refractivity contribution in [2.45, 2.75) is 18.8 Å². The Kier molecular flexibility index (Phi) is 8.10. The van der Waals surface area contributed by atoms with Crippen molar-refractivity contribution in [2.24, 2.45) is 0 Å². The van der Waals surface area contributed by atoms with E-state index in [2.05, 4.69) is 15.0 Å². The Morgan fingerprint density at radius 1 is 1.39 bits per heavy atom. The first-order valence-electron chi connectivity index (χ1n) is 6.11. The van der Waals surface area contributed by atoms with Crippen molar-refractivity contribution in [3.05, 3.63) is 12.7 Å². The van der Waals surface area contributed by atoms with Gasteiger partial charge >= 0.3 is 59.1 Å². The molecular weight excluding hydrogens is 347 g/mol. The summed E-state index contributed by atoms with van der Waals surface area (Å²) in [6.07, 6.45) is 1.51. The Hall–Kier alpha value is 0.420. The molecule has 0 radical (unpaired) electrons. The largest absolute Gasteiger partial charge is 1.00 e. The van der Waals surface area contributed by atoms with Crippen LogP contribution in [0.1, 0.15) is 12.6 Å². The fourth-order valence-corrected chi connectivity index (χ4v) is 2.56. The molecule has 0 unspecified atom stereocenters. The number of nitrogen functional groups attached to an aromatic ring is 1. The van der Waals surface area contributed by atoms with Crippen LogP contribution < -0.4 is 74.6 Å². The van der Waals surface area contributed by atoms with Crippen LogP contribution in [0.15, 0.2) is 12.7 Å². The number of rotatable bonds is 4. The molecule has 2 aromatic rings. The zero-order valence-electron chi connectivity index (χ0n) is 12.8. The molecular formula is C10H12N5Na2O5P. The van der Waals surface area contributed by atoms with E-state index in [1.54, 1.807) is 4.57 Å². The minimum absolute atomic E-state index is 0. The molecule has 3 rings (SSSR count). The summed E-state index contributed by atoms with van der Waals surface area (Å²) in [5.41, 5.74) is 6.68. The van der Waals surface area contributed by atoms with E-state index in [0.29, 0.717) is 17.6 Å². The molecule has 2 aromatic heterocycles. The average molecular weight is 359 g/mol. The molecule has 0 saturated carbocycles. The van der Waals surface area contributed by atoms with Crippen molar-refractivity contribution in [2.75, 3.05) is 18.7 Å². The summed E-state index contributed by atoms with van der Waals surface area (Å²) < 4.78 is 22.8. The normalized spacial score (nSPS) is 21.0. The number of imidazole rings is 1. The Bertz CT molecular complexity index is 710. The molecule has 23 heavy (non-hydrogen) atoms. The number of nitrogens with two attached hydrogens (primary N) is 1. The smallest absolute Gasteiger partial charge is 0.809 e. The number of hydrogen-bond donors (Lipinski definition) is 1. The topological polar surface area (TPSA) is 151 Å². The van der Waals surface area contributed by atoms with E-state index < -0.39 is 26.3 Å². The van der Waals surface area contributed by atoms with Crippen molar-refractivity contribution in [3.63, 3.8) is 0 Å². The Balaban J connectivity index is 0.00000132. The summed E-state index contributed by atoms with van der Waals surface area (Å²) in [7, 11) is -4.68. The molecule has 0 amide bonds. The number of nitrogens with zero attached hydrogens (tertiary/aromatic N) is 4. The van der Waals surface area contributed by atoms with Gasteiger partial charge in [-0.05, 0) is 7.60 Å². The molecule has 0 spiro atoms. The predicted octanol–water partition coefficient (Wildman–Crippen LogP) is -7.41. The Morgan fingerprint density at radius 2 is 2.13 bits per heavy atom. The van der Waals surface area contributed by atoms with Crippen LogP contribution in [-0.2, 0) is 14.0 Å². The van der Waals surface area contributed by atoms with Gasteiger partial charge in [-0.2, -0.15) is 0 Å². The standard InChI is InChI=1S/C10H14N5O5P.2Na/c11-9-8-10(13-3-12-9)15(4-14-8)7-1-6(2-19-7)20-5-21(16,17)18;;/h3-4,6-7H,1-2,5H2,(H2,11,12,13)(H2,16,17,18);;/q;2*+1/p-2/t6-,7-;;/m1../s1. The van der Waals surface area contributed by atoms with Gasteiger partial charge in [0.25, 0.3) is 0 Å². The minimum atomic E-state index is -4.68. The first kappa shape index (κ1) is 21.5. The first-order valence-corrected chi connectivity index (χ1v) is 7.84. The van der Waals surface area contributed by atoms with Crippen molar-refractivity contribution < 1.29 is 82.9 Å². The van der Waals surface area contributed by atoms with E-state index in [4.69, 9.17) is 15.2 Å². The Labute approximate surface area is 175 Å². The molecule has 1 saturated heterocycles. The number of aromatic nitrogens is 4. The van der Waals surface area contributed by atoms with Crippen molar-refractivity contribution in [1.29, 1.82) is 0 Å². The molecule has 0 bridgehead atoms. The van der Waals surface area contributed by atoms with Crippen LogP contribution in [-0.4, -0.2) is 38.6 Å². The second-order valence-corrected chi connectivity index (χ2v) is 6.12. The van der Waals surface area contributed by atoms with Gasteiger partial charge in [0, 0.05) is 6.42 Å². The molecule has 1 aliphatic heterocycles. The number of anilines is 1. The van der Waals surface area contributed by atoms with Crippen LogP contribution in [0, 0.1) is 0 Å². The zero-order chi connectivity index (χ0) is 15.0. The molecule has 0 aromatic carbocycles. The van der Waals surface area contributed by atoms with E-state index >= 15 is 0 Å². The molecule has 0 aliphatic carbocycles. The van der Waals surface area contributed by atoms with Crippen LogP contribution in [0.2, 0.25) is 0 Å². The molecule has 1 fully saturated rings. The van der Waals surface area contributed by atoms with Crippen molar-refractivity contribution in [3.8, 4) is 0 Å². The molecule has 3 heterocycles. The third-order valence-electron chi connectivity index (χ3n) is 3.10. The molecule has 2 N–H and O–H groups in total. The van der Waals surface area contributed by atoms with E-state index in [9.17, 15) is 14.4 Å². The van der Waals surface area contributed by atoms with Gasteiger partial charge < -0.3 is 29.6 Å². The van der Waals surface area contributed by atoms with Crippen LogP contribution in [0.25, 0.3) is 11.2 Å². The summed E-state index contributed by atoms with van der Waals surface area (Å²) in [5.74, 6) is 0.267. The number of ether oxygens (including phenoxy) is 2. The third-order valence-corrected chi connectivity index (χ3v) is 3.57. The third kappa shape index (κ3) is 5.20. The average Bonchev–Trinajstić information content (AvgIpc) is 3.02. The van der Waals surface area contributed by atoms with E-state index in [1.165, 1.54) is 12.7 Å². The summed E-state index contributed by atoms with van der Waals surface area (Å²) in [4.78, 5) is 33.2. The zero-order valence-corrected chi connectivity index (χ0v) is 17.7. The van der Waals surface area contributed by atoms with Gasteiger partial charge in [-0.15, -0.1) is 0 Å². The Morgan fingerprint density at radius 3 is 2.83 bits per heavy atom. The van der Waals surface area contributed by atoms with Crippen LogP contribution in [0.4, 0.5) is 5.82 Å². The summed E-state index contributed by atoms with van der Waals surface area (Å²) >= 11 is 0. The molecule has 10 nitrogen and oxygen atoms in total. The maximum atomic E-state index is 10.6. The van der Waals surface area contributed by atoms with Crippen LogP contribution >= 0.6 is 7.60 Å².